The Morgan fingerprint density at radius 3 is 2.29 bits per heavy atom. The first kappa shape index (κ1) is 22.6. The van der Waals surface area contributed by atoms with Crippen molar-refractivity contribution in [3.05, 3.63) is 50.6 Å². The molecular weight excluding hydrogens is 436 g/mol. The molecule has 2 rings (SSSR count). The van der Waals surface area contributed by atoms with Gasteiger partial charge in [-0.1, -0.05) is 46.8 Å². The lowest BCUT2D eigenvalue weighted by Gasteiger charge is -2.33. The van der Waals surface area contributed by atoms with Crippen LogP contribution in [0, 0.1) is 5.41 Å². The summed E-state index contributed by atoms with van der Waals surface area (Å²) in [5, 5.41) is 4.13. The number of hydrogen-bond acceptors (Lipinski definition) is 4. The van der Waals surface area contributed by atoms with Gasteiger partial charge in [-0.25, -0.2) is 5.43 Å². The quantitative estimate of drug-likeness (QED) is 0.394. The van der Waals surface area contributed by atoms with Gasteiger partial charge in [0.05, 0.1) is 14.4 Å². The van der Waals surface area contributed by atoms with Crippen LogP contribution in [-0.4, -0.2) is 18.2 Å². The third kappa shape index (κ3) is 7.06. The van der Waals surface area contributed by atoms with Crippen LogP contribution in [0.1, 0.15) is 58.4 Å². The molecule has 1 N–H and O–H groups in total. The molecule has 1 amide bonds. The highest BCUT2D eigenvalue weighted by atomic mass is 79.9. The molecule has 0 fully saturated rings. The minimum atomic E-state index is -0.285. The first-order chi connectivity index (χ1) is 13.0. The second-order valence-corrected chi connectivity index (χ2v) is 11.2. The Hall–Kier alpha value is -1.66. The Kier molecular flexibility index (Phi) is 7.46. The number of benzene rings is 1. The molecule has 0 unspecified atom stereocenters. The van der Waals surface area contributed by atoms with Gasteiger partial charge in [-0.05, 0) is 69.9 Å². The molecule has 1 aromatic heterocycles. The van der Waals surface area contributed by atoms with Crippen LogP contribution in [0.25, 0.3) is 0 Å². The van der Waals surface area contributed by atoms with Crippen molar-refractivity contribution in [3.8, 4) is 5.75 Å². The molecule has 0 aliphatic rings. The second-order valence-electron chi connectivity index (χ2n) is 8.77. The smallest absolute Gasteiger partial charge is 0.277 e. The molecule has 0 saturated carbocycles. The van der Waals surface area contributed by atoms with Gasteiger partial charge in [0.1, 0.15) is 5.75 Å². The first-order valence-electron chi connectivity index (χ1n) is 9.28. The molecule has 0 atom stereocenters. The van der Waals surface area contributed by atoms with E-state index >= 15 is 0 Å². The number of nitrogens with one attached hydrogen (secondary N) is 1. The average Bonchev–Trinajstić information content (AvgIpc) is 3.02. The highest BCUT2D eigenvalue weighted by molar-refractivity contribution is 9.11. The standard InChI is InChI=1S/C22H29BrN2O2S/c1-15(18-11-12-19(23)28-18)24-25-20(26)13-27-17-9-7-16(8-10-17)22(5,6)14-21(2,3)4/h7-12H,13-14H2,1-6H3,(H,25,26). The van der Waals surface area contributed by atoms with Gasteiger partial charge in [0.25, 0.3) is 5.91 Å². The molecule has 0 radical (unpaired) electrons. The predicted octanol–water partition coefficient (Wildman–Crippen LogP) is 6.14. The molecular formula is C22H29BrN2O2S. The molecule has 152 valence electrons. The van der Waals surface area contributed by atoms with E-state index in [1.54, 1.807) is 11.3 Å². The summed E-state index contributed by atoms with van der Waals surface area (Å²) in [6, 6.07) is 11.9. The lowest BCUT2D eigenvalue weighted by atomic mass is 9.72. The largest absolute Gasteiger partial charge is 0.484 e. The summed E-state index contributed by atoms with van der Waals surface area (Å²) in [4.78, 5) is 13.0. The van der Waals surface area contributed by atoms with Crippen molar-refractivity contribution in [1.82, 2.24) is 5.43 Å². The highest BCUT2D eigenvalue weighted by Crippen LogP contribution is 2.36. The van der Waals surface area contributed by atoms with Gasteiger partial charge in [0.2, 0.25) is 0 Å². The molecule has 0 aliphatic heterocycles. The van der Waals surface area contributed by atoms with Crippen LogP contribution in [0.15, 0.2) is 45.3 Å². The number of hydrazone groups is 1. The molecule has 0 spiro atoms. The zero-order valence-electron chi connectivity index (χ0n) is 17.4. The number of carbonyl (C=O) groups excluding carboxylic acids is 1. The van der Waals surface area contributed by atoms with Gasteiger partial charge >= 0.3 is 0 Å². The van der Waals surface area contributed by atoms with Crippen molar-refractivity contribution in [2.45, 2.75) is 53.4 Å². The second kappa shape index (κ2) is 9.23. The zero-order chi connectivity index (χ0) is 20.9. The topological polar surface area (TPSA) is 50.7 Å². The highest BCUT2D eigenvalue weighted by Gasteiger charge is 2.27. The van der Waals surface area contributed by atoms with Gasteiger partial charge < -0.3 is 4.74 Å². The van der Waals surface area contributed by atoms with E-state index < -0.39 is 0 Å². The minimum absolute atomic E-state index is 0.0738. The van der Waals surface area contributed by atoms with Crippen LogP contribution in [0.3, 0.4) is 0 Å². The first-order valence-corrected chi connectivity index (χ1v) is 10.9. The Balaban J connectivity index is 1.88. The van der Waals surface area contributed by atoms with E-state index in [0.29, 0.717) is 5.75 Å². The van der Waals surface area contributed by atoms with Crippen LogP contribution in [0.2, 0.25) is 0 Å². The summed E-state index contributed by atoms with van der Waals surface area (Å²) in [6.07, 6.45) is 1.08. The number of ether oxygens (including phenoxy) is 1. The third-order valence-corrected chi connectivity index (χ3v) is 5.99. The fraction of sp³-hybridized carbons (Fsp3) is 0.455. The van der Waals surface area contributed by atoms with E-state index in [4.69, 9.17) is 4.74 Å². The van der Waals surface area contributed by atoms with Crippen molar-refractivity contribution < 1.29 is 9.53 Å². The van der Waals surface area contributed by atoms with Gasteiger partial charge in [0, 0.05) is 0 Å². The van der Waals surface area contributed by atoms with Gasteiger partial charge in [-0.3, -0.25) is 4.79 Å². The number of amides is 1. The number of carbonyl (C=O) groups is 1. The SMILES string of the molecule is CC(=NNC(=O)COc1ccc(C(C)(C)CC(C)(C)C)cc1)c1ccc(Br)s1. The van der Waals surface area contributed by atoms with Crippen LogP contribution >= 0.6 is 27.3 Å². The summed E-state index contributed by atoms with van der Waals surface area (Å²) >= 11 is 4.99. The van der Waals surface area contributed by atoms with Crippen molar-refractivity contribution in [3.63, 3.8) is 0 Å². The summed E-state index contributed by atoms with van der Waals surface area (Å²) < 4.78 is 6.62. The van der Waals surface area contributed by atoms with Crippen LogP contribution in [0.4, 0.5) is 0 Å². The number of halogens is 1. The summed E-state index contributed by atoms with van der Waals surface area (Å²) in [6.45, 7) is 13.1. The van der Waals surface area contributed by atoms with Crippen molar-refractivity contribution in [1.29, 1.82) is 0 Å². The van der Waals surface area contributed by atoms with Gasteiger partial charge in [0.15, 0.2) is 6.61 Å². The van der Waals surface area contributed by atoms with E-state index in [1.807, 2.05) is 31.2 Å². The Morgan fingerprint density at radius 1 is 1.11 bits per heavy atom. The molecule has 6 heteroatoms. The number of rotatable bonds is 7. The summed E-state index contributed by atoms with van der Waals surface area (Å²) in [5.74, 6) is 0.389. The van der Waals surface area contributed by atoms with E-state index in [9.17, 15) is 4.79 Å². The predicted molar refractivity (Wildman–Crippen MR) is 121 cm³/mol. The average molecular weight is 465 g/mol. The molecule has 4 nitrogen and oxygen atoms in total. The lowest BCUT2D eigenvalue weighted by Crippen LogP contribution is -2.26. The maximum Gasteiger partial charge on any atom is 0.277 e. The van der Waals surface area contributed by atoms with Crippen LogP contribution < -0.4 is 10.2 Å². The number of nitrogens with zero attached hydrogens (tertiary/aromatic N) is 1. The van der Waals surface area contributed by atoms with Crippen molar-refractivity contribution in [2.24, 2.45) is 10.5 Å². The molecule has 0 aliphatic carbocycles. The Bertz CT molecular complexity index is 833. The lowest BCUT2D eigenvalue weighted by molar-refractivity contribution is -0.123. The van der Waals surface area contributed by atoms with Crippen LogP contribution in [-0.2, 0) is 10.2 Å². The van der Waals surface area contributed by atoms with E-state index in [1.165, 1.54) is 5.56 Å². The fourth-order valence-electron chi connectivity index (χ4n) is 3.32. The molecule has 28 heavy (non-hydrogen) atoms. The summed E-state index contributed by atoms with van der Waals surface area (Å²) in [5.41, 5.74) is 4.90. The minimum Gasteiger partial charge on any atom is -0.484 e. The fourth-order valence-corrected chi connectivity index (χ4v) is 4.65. The normalized spacial score (nSPS) is 12.8. The maximum absolute atomic E-state index is 12.0. The Labute approximate surface area is 180 Å². The summed E-state index contributed by atoms with van der Waals surface area (Å²) in [7, 11) is 0. The molecule has 0 saturated heterocycles. The monoisotopic (exact) mass is 464 g/mol. The van der Waals surface area contributed by atoms with Gasteiger partial charge in [-0.15, -0.1) is 11.3 Å². The van der Waals surface area contributed by atoms with E-state index in [2.05, 4.69) is 73.2 Å². The number of thiophene rings is 1. The van der Waals surface area contributed by atoms with Crippen LogP contribution in [0.5, 0.6) is 5.75 Å². The molecule has 1 heterocycles. The molecule has 2 aromatic rings. The maximum atomic E-state index is 12.0. The molecule has 0 bridgehead atoms. The third-order valence-electron chi connectivity index (χ3n) is 4.26. The molecule has 1 aromatic carbocycles. The van der Waals surface area contributed by atoms with Crippen molar-refractivity contribution >= 4 is 38.9 Å². The number of hydrogen-bond donors (Lipinski definition) is 1. The van der Waals surface area contributed by atoms with Crippen molar-refractivity contribution in [2.75, 3.05) is 6.61 Å². The Morgan fingerprint density at radius 2 is 1.75 bits per heavy atom. The zero-order valence-corrected chi connectivity index (χ0v) is 19.8. The van der Waals surface area contributed by atoms with Gasteiger partial charge in [-0.2, -0.15) is 5.10 Å². The van der Waals surface area contributed by atoms with E-state index in [0.717, 1.165) is 20.8 Å². The van der Waals surface area contributed by atoms with E-state index in [-0.39, 0.29) is 23.3 Å².